The van der Waals surface area contributed by atoms with Gasteiger partial charge in [-0.2, -0.15) is 0 Å². The normalized spacial score (nSPS) is 13.8. The number of ether oxygens (including phenoxy) is 1. The van der Waals surface area contributed by atoms with E-state index in [0.29, 0.717) is 11.8 Å². The second kappa shape index (κ2) is 10.3. The maximum Gasteiger partial charge on any atom is 0.409 e. The van der Waals surface area contributed by atoms with Gasteiger partial charge < -0.3 is 15.4 Å². The lowest BCUT2D eigenvalue weighted by atomic mass is 9.89. The number of rotatable bonds is 10. The molecule has 23 heavy (non-hydrogen) atoms. The molecule has 0 saturated carbocycles. The molecule has 4 heteroatoms. The van der Waals surface area contributed by atoms with E-state index in [4.69, 9.17) is 10.5 Å². The zero-order valence-electron chi connectivity index (χ0n) is 15.0. The first-order chi connectivity index (χ1) is 10.9. The Morgan fingerprint density at radius 3 is 2.57 bits per heavy atom. The Labute approximate surface area is 141 Å². The Balaban J connectivity index is 2.54. The summed E-state index contributed by atoms with van der Waals surface area (Å²) in [6.45, 7) is 4.54. The molecular formula is C19H32N2O2. The summed E-state index contributed by atoms with van der Waals surface area (Å²) >= 11 is 0. The molecule has 0 bridgehead atoms. The van der Waals surface area contributed by atoms with Crippen LogP contribution in [0.25, 0.3) is 0 Å². The minimum absolute atomic E-state index is 0.591. The lowest BCUT2D eigenvalue weighted by Gasteiger charge is -2.25. The number of primary amides is 1. The highest BCUT2D eigenvalue weighted by Crippen LogP contribution is 2.25. The quantitative estimate of drug-likeness (QED) is 0.702. The van der Waals surface area contributed by atoms with Crippen LogP contribution in [0.1, 0.15) is 51.5 Å². The molecule has 2 atom stereocenters. The predicted octanol–water partition coefficient (Wildman–Crippen LogP) is 4.22. The number of amides is 1. The number of benzene rings is 1. The predicted molar refractivity (Wildman–Crippen MR) is 95.8 cm³/mol. The number of carbonyl (C=O) groups is 1. The Hall–Kier alpha value is -1.55. The summed E-state index contributed by atoms with van der Waals surface area (Å²) in [5.74, 6) is 1.34. The Kier molecular flexibility index (Phi) is 8.70. The average Bonchev–Trinajstić information content (AvgIpc) is 2.48. The van der Waals surface area contributed by atoms with Crippen molar-refractivity contribution < 1.29 is 9.53 Å². The molecule has 4 nitrogen and oxygen atoms in total. The van der Waals surface area contributed by atoms with Crippen molar-refractivity contribution in [3.05, 3.63) is 29.8 Å². The number of hydrogen-bond donors (Lipinski definition) is 1. The van der Waals surface area contributed by atoms with E-state index in [0.717, 1.165) is 24.3 Å². The van der Waals surface area contributed by atoms with Gasteiger partial charge in [-0.25, -0.2) is 4.79 Å². The molecule has 2 unspecified atom stereocenters. The van der Waals surface area contributed by atoms with E-state index in [-0.39, 0.29) is 0 Å². The minimum atomic E-state index is -0.749. The molecule has 0 radical (unpaired) electrons. The summed E-state index contributed by atoms with van der Waals surface area (Å²) < 4.78 is 5.08. The molecule has 0 heterocycles. The molecule has 2 N–H and O–H groups in total. The van der Waals surface area contributed by atoms with E-state index >= 15 is 0 Å². The average molecular weight is 320 g/mol. The Morgan fingerprint density at radius 1 is 1.26 bits per heavy atom. The van der Waals surface area contributed by atoms with Gasteiger partial charge in [0.05, 0.1) is 0 Å². The monoisotopic (exact) mass is 320 g/mol. The van der Waals surface area contributed by atoms with Gasteiger partial charge in [0.25, 0.3) is 0 Å². The van der Waals surface area contributed by atoms with E-state index in [9.17, 15) is 4.79 Å². The van der Waals surface area contributed by atoms with Crippen LogP contribution >= 0.6 is 0 Å². The van der Waals surface area contributed by atoms with Crippen LogP contribution in [0.15, 0.2) is 24.3 Å². The highest BCUT2D eigenvalue weighted by molar-refractivity contribution is 5.68. The zero-order valence-corrected chi connectivity index (χ0v) is 15.0. The summed E-state index contributed by atoms with van der Waals surface area (Å²) in [5.41, 5.74) is 6.18. The molecule has 0 spiro atoms. The number of aryl methyl sites for hydroxylation is 1. The number of hydrogen-bond acceptors (Lipinski definition) is 3. The molecule has 1 rings (SSSR count). The van der Waals surface area contributed by atoms with Crippen molar-refractivity contribution in [2.75, 3.05) is 14.1 Å². The summed E-state index contributed by atoms with van der Waals surface area (Å²) in [6, 6.07) is 8.26. The molecule has 0 aliphatic heterocycles. The summed E-state index contributed by atoms with van der Waals surface area (Å²) in [6.07, 6.45) is 6.21. The molecule has 0 saturated heterocycles. The molecule has 0 aromatic heterocycles. The lowest BCUT2D eigenvalue weighted by Crippen LogP contribution is -2.27. The van der Waals surface area contributed by atoms with Crippen LogP contribution in [0.4, 0.5) is 4.79 Å². The number of para-hydroxylation sites is 1. The van der Waals surface area contributed by atoms with Crippen molar-refractivity contribution in [2.24, 2.45) is 11.7 Å². The highest BCUT2D eigenvalue weighted by atomic mass is 16.5. The summed E-state index contributed by atoms with van der Waals surface area (Å²) in [7, 11) is 4.29. The lowest BCUT2D eigenvalue weighted by molar-refractivity contribution is 0.210. The van der Waals surface area contributed by atoms with Crippen molar-refractivity contribution >= 4 is 6.09 Å². The fourth-order valence-electron chi connectivity index (χ4n) is 2.98. The first-order valence-electron chi connectivity index (χ1n) is 8.65. The Morgan fingerprint density at radius 2 is 1.96 bits per heavy atom. The molecule has 1 aromatic rings. The van der Waals surface area contributed by atoms with Gasteiger partial charge in [0.15, 0.2) is 0 Å². The minimum Gasteiger partial charge on any atom is -0.410 e. The topological polar surface area (TPSA) is 55.6 Å². The Bertz CT molecular complexity index is 474. The molecule has 0 aliphatic rings. The van der Waals surface area contributed by atoms with Crippen molar-refractivity contribution in [3.63, 3.8) is 0 Å². The van der Waals surface area contributed by atoms with E-state index in [1.807, 2.05) is 18.2 Å². The standard InChI is InChI=1S/C19H32N2O2/c1-5-9-16(14-15(2)21(3)4)10-8-12-17-11-6-7-13-18(17)23-19(20)22/h6-7,11,13,15-16H,5,8-10,12,14H2,1-4H3,(H2,20,22). The molecule has 1 amide bonds. The first-order valence-corrected chi connectivity index (χ1v) is 8.65. The van der Waals surface area contributed by atoms with E-state index < -0.39 is 6.09 Å². The van der Waals surface area contributed by atoms with Gasteiger partial charge in [-0.1, -0.05) is 44.4 Å². The fourth-order valence-corrected chi connectivity index (χ4v) is 2.98. The van der Waals surface area contributed by atoms with Crippen LogP contribution in [-0.2, 0) is 6.42 Å². The SMILES string of the molecule is CCCC(CCCc1ccccc1OC(N)=O)CC(C)N(C)C. The third-order valence-electron chi connectivity index (χ3n) is 4.49. The second-order valence-electron chi connectivity index (χ2n) is 6.62. The zero-order chi connectivity index (χ0) is 17.2. The van der Waals surface area contributed by atoms with Gasteiger partial charge in [-0.3, -0.25) is 0 Å². The first kappa shape index (κ1) is 19.5. The van der Waals surface area contributed by atoms with Crippen molar-refractivity contribution in [1.82, 2.24) is 4.90 Å². The fraction of sp³-hybridized carbons (Fsp3) is 0.632. The van der Waals surface area contributed by atoms with Crippen molar-refractivity contribution in [1.29, 1.82) is 0 Å². The molecule has 0 fully saturated rings. The van der Waals surface area contributed by atoms with Gasteiger partial charge in [0.2, 0.25) is 0 Å². The van der Waals surface area contributed by atoms with Crippen LogP contribution in [0.5, 0.6) is 5.75 Å². The van der Waals surface area contributed by atoms with Crippen LogP contribution in [0.3, 0.4) is 0 Å². The largest absolute Gasteiger partial charge is 0.410 e. The van der Waals surface area contributed by atoms with Crippen molar-refractivity contribution in [3.8, 4) is 5.75 Å². The molecule has 130 valence electrons. The molecular weight excluding hydrogens is 288 g/mol. The number of carbonyl (C=O) groups excluding carboxylic acids is 1. The maximum absolute atomic E-state index is 11.0. The molecule has 0 aliphatic carbocycles. The third-order valence-corrected chi connectivity index (χ3v) is 4.49. The molecule has 1 aromatic carbocycles. The van der Waals surface area contributed by atoms with Crippen LogP contribution in [0.2, 0.25) is 0 Å². The van der Waals surface area contributed by atoms with Crippen LogP contribution < -0.4 is 10.5 Å². The van der Waals surface area contributed by atoms with Gasteiger partial charge >= 0.3 is 6.09 Å². The smallest absolute Gasteiger partial charge is 0.409 e. The summed E-state index contributed by atoms with van der Waals surface area (Å²) in [4.78, 5) is 13.3. The van der Waals surface area contributed by atoms with Gasteiger partial charge in [0.1, 0.15) is 5.75 Å². The maximum atomic E-state index is 11.0. The summed E-state index contributed by atoms with van der Waals surface area (Å²) in [5, 5.41) is 0. The number of nitrogens with two attached hydrogens (primary N) is 1. The second-order valence-corrected chi connectivity index (χ2v) is 6.62. The van der Waals surface area contributed by atoms with Crippen LogP contribution in [0, 0.1) is 5.92 Å². The van der Waals surface area contributed by atoms with Gasteiger partial charge in [-0.15, -0.1) is 0 Å². The van der Waals surface area contributed by atoms with Crippen molar-refractivity contribution in [2.45, 2.75) is 58.4 Å². The van der Waals surface area contributed by atoms with E-state index in [2.05, 4.69) is 32.8 Å². The van der Waals surface area contributed by atoms with Crippen LogP contribution in [-0.4, -0.2) is 31.1 Å². The van der Waals surface area contributed by atoms with E-state index in [1.54, 1.807) is 6.07 Å². The highest BCUT2D eigenvalue weighted by Gasteiger charge is 2.14. The number of nitrogens with zero attached hydrogens (tertiary/aromatic N) is 1. The van der Waals surface area contributed by atoms with Gasteiger partial charge in [0, 0.05) is 6.04 Å². The third kappa shape index (κ3) is 7.51. The van der Waals surface area contributed by atoms with E-state index in [1.165, 1.54) is 25.7 Å². The van der Waals surface area contributed by atoms with Gasteiger partial charge in [-0.05, 0) is 57.8 Å².